The van der Waals surface area contributed by atoms with Crippen molar-refractivity contribution in [3.8, 4) is 6.07 Å². The van der Waals surface area contributed by atoms with Gasteiger partial charge in [-0.2, -0.15) is 5.26 Å². The van der Waals surface area contributed by atoms with Crippen LogP contribution < -0.4 is 10.5 Å². The fraction of sp³-hybridized carbons (Fsp3) is 0.0714. The summed E-state index contributed by atoms with van der Waals surface area (Å²) in [5.41, 5.74) is 7.19. The molecule has 0 aliphatic carbocycles. The number of nitrogens with zero attached hydrogens (tertiary/aromatic N) is 1. The van der Waals surface area contributed by atoms with Crippen molar-refractivity contribution in [2.24, 2.45) is 0 Å². The van der Waals surface area contributed by atoms with Crippen LogP contribution in [0.1, 0.15) is 11.1 Å². The summed E-state index contributed by atoms with van der Waals surface area (Å²) in [5.74, 6) is 0. The zero-order valence-corrected chi connectivity index (χ0v) is 13.3. The van der Waals surface area contributed by atoms with Gasteiger partial charge in [0.1, 0.15) is 4.90 Å². The Bertz CT molecular complexity index is 796. The largest absolute Gasteiger partial charge is 0.398 e. The zero-order chi connectivity index (χ0) is 15.5. The van der Waals surface area contributed by atoms with Crippen LogP contribution in [0.2, 0.25) is 0 Å². The summed E-state index contributed by atoms with van der Waals surface area (Å²) in [5, 5.41) is 8.71. The lowest BCUT2D eigenvalue weighted by Crippen LogP contribution is -2.24. The Morgan fingerprint density at radius 1 is 1.19 bits per heavy atom. The van der Waals surface area contributed by atoms with Crippen LogP contribution in [0.25, 0.3) is 0 Å². The molecule has 0 heterocycles. The second-order valence-corrected chi connectivity index (χ2v) is 6.97. The molecule has 0 unspecified atom stereocenters. The van der Waals surface area contributed by atoms with Crippen LogP contribution in [0, 0.1) is 11.3 Å². The van der Waals surface area contributed by atoms with E-state index in [0.29, 0.717) is 10.0 Å². The fourth-order valence-electron chi connectivity index (χ4n) is 1.72. The molecule has 108 valence electrons. The van der Waals surface area contributed by atoms with Crippen molar-refractivity contribution in [3.05, 3.63) is 58.1 Å². The highest BCUT2D eigenvalue weighted by Crippen LogP contribution is 2.22. The third-order valence-corrected chi connectivity index (χ3v) is 4.78. The maximum absolute atomic E-state index is 12.2. The van der Waals surface area contributed by atoms with Crippen molar-refractivity contribution in [1.82, 2.24) is 4.72 Å². The molecule has 0 amide bonds. The van der Waals surface area contributed by atoms with Crippen molar-refractivity contribution >= 4 is 31.6 Å². The standard InChI is InChI=1S/C14H12BrN3O2S/c15-12-5-6-14(13(17)7-12)21(19,20)18-9-11-3-1-10(8-16)2-4-11/h1-7,18H,9,17H2. The number of nitriles is 1. The lowest BCUT2D eigenvalue weighted by molar-refractivity contribution is 0.581. The third-order valence-electron chi connectivity index (χ3n) is 2.81. The molecule has 2 rings (SSSR count). The number of nitrogens with two attached hydrogens (primary N) is 1. The normalized spacial score (nSPS) is 11.0. The number of nitrogens with one attached hydrogen (secondary N) is 1. The van der Waals surface area contributed by atoms with E-state index in [4.69, 9.17) is 11.0 Å². The molecule has 7 heteroatoms. The third kappa shape index (κ3) is 3.82. The van der Waals surface area contributed by atoms with Crippen LogP contribution >= 0.6 is 15.9 Å². The van der Waals surface area contributed by atoms with E-state index in [2.05, 4.69) is 20.7 Å². The van der Waals surface area contributed by atoms with Gasteiger partial charge in [0.25, 0.3) is 0 Å². The van der Waals surface area contributed by atoms with E-state index in [0.717, 1.165) is 5.56 Å². The monoisotopic (exact) mass is 365 g/mol. The Labute approximate surface area is 131 Å². The molecule has 0 aliphatic heterocycles. The first kappa shape index (κ1) is 15.5. The van der Waals surface area contributed by atoms with Gasteiger partial charge in [-0.3, -0.25) is 0 Å². The maximum atomic E-state index is 12.2. The van der Waals surface area contributed by atoms with Crippen LogP contribution in [0.4, 0.5) is 5.69 Å². The first-order chi connectivity index (χ1) is 9.92. The number of hydrogen-bond acceptors (Lipinski definition) is 4. The first-order valence-electron chi connectivity index (χ1n) is 5.96. The summed E-state index contributed by atoms with van der Waals surface area (Å²) in [7, 11) is -3.68. The second-order valence-electron chi connectivity index (χ2n) is 4.32. The van der Waals surface area contributed by atoms with Gasteiger partial charge < -0.3 is 5.73 Å². The van der Waals surface area contributed by atoms with Crippen LogP contribution in [0.3, 0.4) is 0 Å². The van der Waals surface area contributed by atoms with Crippen molar-refractivity contribution in [3.63, 3.8) is 0 Å². The van der Waals surface area contributed by atoms with Crippen LogP contribution in [0.5, 0.6) is 0 Å². The topological polar surface area (TPSA) is 96.0 Å². The lowest BCUT2D eigenvalue weighted by Gasteiger charge is -2.09. The van der Waals surface area contributed by atoms with Crippen molar-refractivity contribution in [2.45, 2.75) is 11.4 Å². The second kappa shape index (κ2) is 6.26. The van der Waals surface area contributed by atoms with E-state index in [9.17, 15) is 8.42 Å². The van der Waals surface area contributed by atoms with Gasteiger partial charge in [0.05, 0.1) is 17.3 Å². The van der Waals surface area contributed by atoms with Gasteiger partial charge in [-0.05, 0) is 35.9 Å². The van der Waals surface area contributed by atoms with Gasteiger partial charge >= 0.3 is 0 Å². The minimum absolute atomic E-state index is 0.0411. The molecule has 0 bridgehead atoms. The van der Waals surface area contributed by atoms with E-state index in [1.807, 2.05) is 6.07 Å². The van der Waals surface area contributed by atoms with Crippen molar-refractivity contribution in [2.75, 3.05) is 5.73 Å². The van der Waals surface area contributed by atoms with Gasteiger partial charge in [0.15, 0.2) is 0 Å². The molecule has 21 heavy (non-hydrogen) atoms. The zero-order valence-electron chi connectivity index (χ0n) is 10.9. The number of nitrogen functional groups attached to an aromatic ring is 1. The first-order valence-corrected chi connectivity index (χ1v) is 8.24. The summed E-state index contributed by atoms with van der Waals surface area (Å²) in [6.07, 6.45) is 0. The summed E-state index contributed by atoms with van der Waals surface area (Å²) in [4.78, 5) is 0.0411. The van der Waals surface area contributed by atoms with Crippen LogP contribution in [-0.4, -0.2) is 8.42 Å². The quantitative estimate of drug-likeness (QED) is 0.812. The van der Waals surface area contributed by atoms with E-state index in [-0.39, 0.29) is 17.1 Å². The molecular weight excluding hydrogens is 354 g/mol. The molecule has 0 aromatic heterocycles. The van der Waals surface area contributed by atoms with E-state index < -0.39 is 10.0 Å². The predicted octanol–water partition coefficient (Wildman–Crippen LogP) is 2.38. The molecule has 0 aliphatic rings. The molecule has 2 aromatic carbocycles. The Balaban J connectivity index is 2.16. The number of sulfonamides is 1. The number of halogens is 1. The molecule has 0 atom stereocenters. The number of rotatable bonds is 4. The summed E-state index contributed by atoms with van der Waals surface area (Å²) < 4.78 is 27.6. The predicted molar refractivity (Wildman–Crippen MR) is 83.7 cm³/mol. The molecule has 5 nitrogen and oxygen atoms in total. The number of anilines is 1. The molecule has 0 spiro atoms. The highest BCUT2D eigenvalue weighted by atomic mass is 79.9. The SMILES string of the molecule is N#Cc1ccc(CNS(=O)(=O)c2ccc(Br)cc2N)cc1. The van der Waals surface area contributed by atoms with E-state index >= 15 is 0 Å². The molecule has 0 saturated heterocycles. The summed E-state index contributed by atoms with van der Waals surface area (Å²) >= 11 is 3.23. The highest BCUT2D eigenvalue weighted by molar-refractivity contribution is 9.10. The van der Waals surface area contributed by atoms with Gasteiger partial charge in [-0.25, -0.2) is 13.1 Å². The van der Waals surface area contributed by atoms with Crippen LogP contribution in [0.15, 0.2) is 51.8 Å². The summed E-state index contributed by atoms with van der Waals surface area (Å²) in [6.45, 7) is 0.129. The molecule has 0 fully saturated rings. The minimum atomic E-state index is -3.68. The fourth-order valence-corrected chi connectivity index (χ4v) is 3.22. The minimum Gasteiger partial charge on any atom is -0.398 e. The van der Waals surface area contributed by atoms with E-state index in [1.165, 1.54) is 12.1 Å². The Morgan fingerprint density at radius 3 is 2.43 bits per heavy atom. The molecular formula is C14H12BrN3O2S. The number of benzene rings is 2. The molecule has 0 radical (unpaired) electrons. The summed E-state index contributed by atoms with van der Waals surface area (Å²) in [6, 6.07) is 13.3. The van der Waals surface area contributed by atoms with Gasteiger partial charge in [0.2, 0.25) is 10.0 Å². The maximum Gasteiger partial charge on any atom is 0.242 e. The highest BCUT2D eigenvalue weighted by Gasteiger charge is 2.17. The van der Waals surface area contributed by atoms with Gasteiger partial charge in [-0.15, -0.1) is 0 Å². The number of hydrogen-bond donors (Lipinski definition) is 2. The van der Waals surface area contributed by atoms with Crippen molar-refractivity contribution in [1.29, 1.82) is 5.26 Å². The molecule has 0 saturated carbocycles. The lowest BCUT2D eigenvalue weighted by atomic mass is 10.1. The Hall–Kier alpha value is -1.88. The molecule has 3 N–H and O–H groups in total. The Morgan fingerprint density at radius 2 is 1.86 bits per heavy atom. The smallest absolute Gasteiger partial charge is 0.242 e. The van der Waals surface area contributed by atoms with Gasteiger partial charge in [-0.1, -0.05) is 28.1 Å². The average molecular weight is 366 g/mol. The van der Waals surface area contributed by atoms with Crippen molar-refractivity contribution < 1.29 is 8.42 Å². The van der Waals surface area contributed by atoms with E-state index in [1.54, 1.807) is 30.3 Å². The molecule has 2 aromatic rings. The average Bonchev–Trinajstić information content (AvgIpc) is 2.45. The Kier molecular flexibility index (Phi) is 4.63. The van der Waals surface area contributed by atoms with Gasteiger partial charge in [0, 0.05) is 11.0 Å². The van der Waals surface area contributed by atoms with Crippen LogP contribution in [-0.2, 0) is 16.6 Å².